The fraction of sp³-hybridized carbons (Fsp3) is 0.286. The molecule has 3 aromatic carbocycles. The Morgan fingerprint density at radius 3 is 2.15 bits per heavy atom. The highest BCUT2D eigenvalue weighted by atomic mass is 16.5. The SMILES string of the molecule is COc1ccc(CCNC(=O)C2CCN(C(=O)c3ccc(-c4ccccc4)cc3)CC2)cc1. The van der Waals surface area contributed by atoms with Crippen molar-refractivity contribution in [1.29, 1.82) is 0 Å². The van der Waals surface area contributed by atoms with Crippen molar-refractivity contribution in [2.24, 2.45) is 5.92 Å². The molecule has 0 atom stereocenters. The molecule has 0 saturated carbocycles. The van der Waals surface area contributed by atoms with Crippen molar-refractivity contribution >= 4 is 11.8 Å². The molecule has 2 amide bonds. The predicted molar refractivity (Wildman–Crippen MR) is 130 cm³/mol. The van der Waals surface area contributed by atoms with E-state index in [-0.39, 0.29) is 17.7 Å². The maximum atomic E-state index is 12.9. The lowest BCUT2D eigenvalue weighted by Gasteiger charge is -2.31. The molecule has 170 valence electrons. The van der Waals surface area contributed by atoms with Crippen LogP contribution in [0.5, 0.6) is 5.75 Å². The van der Waals surface area contributed by atoms with E-state index >= 15 is 0 Å². The van der Waals surface area contributed by atoms with Crippen molar-refractivity contribution in [3.63, 3.8) is 0 Å². The summed E-state index contributed by atoms with van der Waals surface area (Å²) in [6, 6.07) is 25.8. The molecule has 1 N–H and O–H groups in total. The van der Waals surface area contributed by atoms with E-state index in [2.05, 4.69) is 17.4 Å². The van der Waals surface area contributed by atoms with Gasteiger partial charge in [0, 0.05) is 31.1 Å². The van der Waals surface area contributed by atoms with Gasteiger partial charge in [-0.2, -0.15) is 0 Å². The topological polar surface area (TPSA) is 58.6 Å². The minimum atomic E-state index is -0.0367. The largest absolute Gasteiger partial charge is 0.497 e. The molecule has 0 radical (unpaired) electrons. The predicted octanol–water partition coefficient (Wildman–Crippen LogP) is 4.57. The van der Waals surface area contributed by atoms with Crippen LogP contribution in [-0.4, -0.2) is 43.5 Å². The molecule has 1 heterocycles. The minimum Gasteiger partial charge on any atom is -0.497 e. The van der Waals surface area contributed by atoms with Crippen molar-refractivity contribution in [3.8, 4) is 16.9 Å². The molecule has 0 bridgehead atoms. The van der Waals surface area contributed by atoms with E-state index in [1.165, 1.54) is 0 Å². The average molecular weight is 443 g/mol. The first-order chi connectivity index (χ1) is 16.1. The number of rotatable bonds is 7. The van der Waals surface area contributed by atoms with Crippen LogP contribution in [0.4, 0.5) is 0 Å². The number of ether oxygens (including phenoxy) is 1. The number of nitrogens with one attached hydrogen (secondary N) is 1. The van der Waals surface area contributed by atoms with E-state index < -0.39 is 0 Å². The molecule has 5 nitrogen and oxygen atoms in total. The van der Waals surface area contributed by atoms with Gasteiger partial charge in [-0.15, -0.1) is 0 Å². The van der Waals surface area contributed by atoms with Crippen LogP contribution >= 0.6 is 0 Å². The standard InChI is InChI=1S/C28H30N2O3/c1-33-26-13-7-21(8-14-26)15-18-29-27(31)24-16-19-30(20-17-24)28(32)25-11-9-23(10-12-25)22-5-3-2-4-6-22/h2-14,24H,15-20H2,1H3,(H,29,31). The first-order valence-electron chi connectivity index (χ1n) is 11.5. The summed E-state index contributed by atoms with van der Waals surface area (Å²) in [6.07, 6.45) is 2.18. The smallest absolute Gasteiger partial charge is 0.253 e. The maximum absolute atomic E-state index is 12.9. The number of carbonyl (C=O) groups is 2. The van der Waals surface area contributed by atoms with Gasteiger partial charge in [-0.3, -0.25) is 9.59 Å². The van der Waals surface area contributed by atoms with Gasteiger partial charge in [0.2, 0.25) is 5.91 Å². The molecule has 33 heavy (non-hydrogen) atoms. The molecule has 1 aliphatic heterocycles. The third-order valence-corrected chi connectivity index (χ3v) is 6.26. The van der Waals surface area contributed by atoms with Gasteiger partial charge in [-0.05, 0) is 60.2 Å². The van der Waals surface area contributed by atoms with Gasteiger partial charge >= 0.3 is 0 Å². The summed E-state index contributed by atoms with van der Waals surface area (Å²) >= 11 is 0. The highest BCUT2D eigenvalue weighted by molar-refractivity contribution is 5.95. The zero-order valence-corrected chi connectivity index (χ0v) is 19.0. The summed E-state index contributed by atoms with van der Waals surface area (Å²) in [5.74, 6) is 0.914. The van der Waals surface area contributed by atoms with E-state index in [0.29, 0.717) is 38.0 Å². The Kier molecular flexibility index (Phi) is 7.40. The summed E-state index contributed by atoms with van der Waals surface area (Å²) in [7, 11) is 1.65. The molecule has 0 unspecified atom stereocenters. The van der Waals surface area contributed by atoms with Gasteiger partial charge in [0.15, 0.2) is 0 Å². The van der Waals surface area contributed by atoms with E-state index in [0.717, 1.165) is 28.9 Å². The lowest BCUT2D eigenvalue weighted by Crippen LogP contribution is -2.43. The maximum Gasteiger partial charge on any atom is 0.253 e. The van der Waals surface area contributed by atoms with Gasteiger partial charge in [0.05, 0.1) is 7.11 Å². The van der Waals surface area contributed by atoms with Crippen molar-refractivity contribution in [2.45, 2.75) is 19.3 Å². The van der Waals surface area contributed by atoms with E-state index in [4.69, 9.17) is 4.74 Å². The highest BCUT2D eigenvalue weighted by Crippen LogP contribution is 2.22. The number of hydrogen-bond acceptors (Lipinski definition) is 3. The molecule has 4 rings (SSSR count). The summed E-state index contributed by atoms with van der Waals surface area (Å²) in [4.78, 5) is 27.3. The van der Waals surface area contributed by atoms with Gasteiger partial charge in [0.1, 0.15) is 5.75 Å². The number of amides is 2. The first kappa shape index (κ1) is 22.6. The van der Waals surface area contributed by atoms with Crippen LogP contribution in [0.15, 0.2) is 78.9 Å². The summed E-state index contributed by atoms with van der Waals surface area (Å²) < 4.78 is 5.17. The molecule has 3 aromatic rings. The van der Waals surface area contributed by atoms with Crippen molar-refractivity contribution < 1.29 is 14.3 Å². The molecule has 1 fully saturated rings. The number of likely N-dealkylation sites (tertiary alicyclic amines) is 1. The van der Waals surface area contributed by atoms with E-state index in [9.17, 15) is 9.59 Å². The Labute approximate surface area is 195 Å². The van der Waals surface area contributed by atoms with Crippen LogP contribution < -0.4 is 10.1 Å². The molecule has 1 saturated heterocycles. The zero-order chi connectivity index (χ0) is 23.0. The van der Waals surface area contributed by atoms with Crippen molar-refractivity contribution in [2.75, 3.05) is 26.7 Å². The fourth-order valence-electron chi connectivity index (χ4n) is 4.23. The third-order valence-electron chi connectivity index (χ3n) is 6.26. The second-order valence-electron chi connectivity index (χ2n) is 8.40. The van der Waals surface area contributed by atoms with Gasteiger partial charge in [0.25, 0.3) is 5.91 Å². The van der Waals surface area contributed by atoms with Gasteiger partial charge in [-0.1, -0.05) is 54.6 Å². The number of piperidine rings is 1. The Morgan fingerprint density at radius 2 is 1.52 bits per heavy atom. The quantitative estimate of drug-likeness (QED) is 0.583. The number of carbonyl (C=O) groups excluding carboxylic acids is 2. The normalized spacial score (nSPS) is 14.0. The van der Waals surface area contributed by atoms with E-state index in [1.807, 2.05) is 71.6 Å². The molecule has 0 aliphatic carbocycles. The summed E-state index contributed by atoms with van der Waals surface area (Å²) in [5, 5.41) is 3.05. The third kappa shape index (κ3) is 5.80. The zero-order valence-electron chi connectivity index (χ0n) is 19.0. The first-order valence-corrected chi connectivity index (χ1v) is 11.5. The molecule has 0 aromatic heterocycles. The molecule has 5 heteroatoms. The fourth-order valence-corrected chi connectivity index (χ4v) is 4.23. The Bertz CT molecular complexity index is 1050. The van der Waals surface area contributed by atoms with Crippen LogP contribution in [0.3, 0.4) is 0 Å². The molecule has 1 aliphatic rings. The van der Waals surface area contributed by atoms with Crippen LogP contribution in [0.2, 0.25) is 0 Å². The average Bonchev–Trinajstić information content (AvgIpc) is 2.89. The minimum absolute atomic E-state index is 0.0352. The number of hydrogen-bond donors (Lipinski definition) is 1. The highest BCUT2D eigenvalue weighted by Gasteiger charge is 2.27. The molecular formula is C28H30N2O3. The number of benzene rings is 3. The number of methoxy groups -OCH3 is 1. The Morgan fingerprint density at radius 1 is 0.879 bits per heavy atom. The lowest BCUT2D eigenvalue weighted by atomic mass is 9.95. The van der Waals surface area contributed by atoms with Crippen molar-refractivity contribution in [3.05, 3.63) is 90.0 Å². The van der Waals surface area contributed by atoms with Crippen LogP contribution in [0.25, 0.3) is 11.1 Å². The second-order valence-corrected chi connectivity index (χ2v) is 8.40. The lowest BCUT2D eigenvalue weighted by molar-refractivity contribution is -0.126. The Hall–Kier alpha value is -3.60. The van der Waals surface area contributed by atoms with Gasteiger partial charge < -0.3 is 15.0 Å². The monoisotopic (exact) mass is 442 g/mol. The second kappa shape index (κ2) is 10.8. The summed E-state index contributed by atoms with van der Waals surface area (Å²) in [6.45, 7) is 1.82. The molecular weight excluding hydrogens is 412 g/mol. The van der Waals surface area contributed by atoms with E-state index in [1.54, 1.807) is 7.11 Å². The molecule has 0 spiro atoms. The van der Waals surface area contributed by atoms with Gasteiger partial charge in [-0.25, -0.2) is 0 Å². The van der Waals surface area contributed by atoms with Crippen molar-refractivity contribution in [1.82, 2.24) is 10.2 Å². The number of nitrogens with zero attached hydrogens (tertiary/aromatic N) is 1. The van der Waals surface area contributed by atoms with Crippen LogP contribution in [0, 0.1) is 5.92 Å². The van der Waals surface area contributed by atoms with Crippen LogP contribution in [-0.2, 0) is 11.2 Å². The summed E-state index contributed by atoms with van der Waals surface area (Å²) in [5.41, 5.74) is 4.08. The van der Waals surface area contributed by atoms with Crippen LogP contribution in [0.1, 0.15) is 28.8 Å². The Balaban J connectivity index is 1.23.